The van der Waals surface area contributed by atoms with Gasteiger partial charge in [-0.2, -0.15) is 0 Å². The number of carbonyl (C=O) groups excluding carboxylic acids is 1. The minimum absolute atomic E-state index is 0.0867. The second-order valence-corrected chi connectivity index (χ2v) is 17.2. The molecule has 3 saturated carbocycles. The molecule has 0 aromatic heterocycles. The van der Waals surface area contributed by atoms with Crippen LogP contribution in [0.3, 0.4) is 0 Å². The summed E-state index contributed by atoms with van der Waals surface area (Å²) in [5.41, 5.74) is 1.10. The molecule has 0 amide bonds. The van der Waals surface area contributed by atoms with Crippen LogP contribution < -0.4 is 15.6 Å². The standard InChI is InChI=1S/C38H44O3Si/c1-27-24-29(40)25-28-18-19-33-34-20-21-36(37(34,2)23-22-35(33)38(27,28)26-39)41-42(30-12-6-3-7-13-30,31-14-8-4-9-15-31)32-16-10-5-11-17-32/h3-17,25,27,33-36,39H,18-24,26H2,1-2H3/t27?,33-,34-,35+,36?,37-,38-/m0/s1. The second kappa shape index (κ2) is 10.7. The molecule has 4 heteroatoms. The zero-order chi connectivity index (χ0) is 29.0. The van der Waals surface area contributed by atoms with Crippen molar-refractivity contribution in [2.75, 3.05) is 6.61 Å². The molecule has 0 saturated heterocycles. The minimum Gasteiger partial charge on any atom is -0.401 e. The fourth-order valence-electron chi connectivity index (χ4n) is 10.2. The molecular formula is C38H44O3Si. The van der Waals surface area contributed by atoms with Gasteiger partial charge < -0.3 is 9.53 Å². The normalized spacial score (nSPS) is 34.2. The molecule has 7 atom stereocenters. The van der Waals surface area contributed by atoms with Crippen molar-refractivity contribution in [1.29, 1.82) is 0 Å². The lowest BCUT2D eigenvalue weighted by atomic mass is 9.45. The zero-order valence-corrected chi connectivity index (χ0v) is 26.0. The Kier molecular flexibility index (Phi) is 7.16. The largest absolute Gasteiger partial charge is 0.401 e. The van der Waals surface area contributed by atoms with E-state index in [1.807, 2.05) is 6.08 Å². The van der Waals surface area contributed by atoms with Gasteiger partial charge in [-0.05, 0) is 89.2 Å². The van der Waals surface area contributed by atoms with Gasteiger partial charge in [0.25, 0.3) is 8.32 Å². The molecule has 0 bridgehead atoms. The Morgan fingerprint density at radius 3 is 1.93 bits per heavy atom. The Morgan fingerprint density at radius 1 is 0.810 bits per heavy atom. The summed E-state index contributed by atoms with van der Waals surface area (Å²) in [6, 6.07) is 33.0. The predicted molar refractivity (Wildman–Crippen MR) is 172 cm³/mol. The van der Waals surface area contributed by atoms with E-state index < -0.39 is 8.32 Å². The smallest absolute Gasteiger partial charge is 0.288 e. The third-order valence-corrected chi connectivity index (χ3v) is 16.3. The highest BCUT2D eigenvalue weighted by molar-refractivity contribution is 7.07. The average Bonchev–Trinajstić information content (AvgIpc) is 3.36. The molecule has 3 aromatic carbocycles. The Balaban J connectivity index is 1.29. The highest BCUT2D eigenvalue weighted by Crippen LogP contribution is 2.66. The maximum atomic E-state index is 12.5. The summed E-state index contributed by atoms with van der Waals surface area (Å²) in [5.74, 6) is 2.04. The van der Waals surface area contributed by atoms with Gasteiger partial charge >= 0.3 is 0 Å². The molecule has 42 heavy (non-hydrogen) atoms. The number of fused-ring (bicyclic) bond motifs is 5. The topological polar surface area (TPSA) is 46.5 Å². The van der Waals surface area contributed by atoms with Gasteiger partial charge in [-0.3, -0.25) is 4.79 Å². The molecule has 3 fully saturated rings. The summed E-state index contributed by atoms with van der Waals surface area (Å²) in [7, 11) is -2.81. The molecule has 3 aromatic rings. The first-order chi connectivity index (χ1) is 20.4. The molecule has 4 aliphatic carbocycles. The summed E-state index contributed by atoms with van der Waals surface area (Å²) in [5, 5.41) is 14.9. The van der Waals surface area contributed by atoms with E-state index in [1.165, 1.54) is 27.6 Å². The maximum Gasteiger partial charge on any atom is 0.288 e. The van der Waals surface area contributed by atoms with E-state index >= 15 is 0 Å². The van der Waals surface area contributed by atoms with Crippen LogP contribution >= 0.6 is 0 Å². The summed E-state index contributed by atoms with van der Waals surface area (Å²) in [6.45, 7) is 4.91. The first-order valence-electron chi connectivity index (χ1n) is 16.1. The SMILES string of the molecule is CC1CC(=O)C=C2CC[C@@H]3[C@@H](CC[C@]4(C)C(O[Si](c5ccccc5)(c5ccccc5)c5ccccc5)CC[C@@H]34)[C@]21CO. The third-order valence-electron chi connectivity index (χ3n) is 12.2. The van der Waals surface area contributed by atoms with Gasteiger partial charge in [0.1, 0.15) is 0 Å². The van der Waals surface area contributed by atoms with Crippen LogP contribution in [0.1, 0.15) is 58.8 Å². The summed E-state index contributed by atoms with van der Waals surface area (Å²) < 4.78 is 7.84. The van der Waals surface area contributed by atoms with Gasteiger partial charge in [0.05, 0.1) is 12.7 Å². The molecule has 7 rings (SSSR count). The first-order valence-corrected chi connectivity index (χ1v) is 18.0. The molecule has 1 N–H and O–H groups in total. The van der Waals surface area contributed by atoms with Gasteiger partial charge in [0.2, 0.25) is 0 Å². The van der Waals surface area contributed by atoms with E-state index in [-0.39, 0.29) is 35.2 Å². The Labute approximate surface area is 252 Å². The number of rotatable bonds is 6. The van der Waals surface area contributed by atoms with Crippen LogP contribution in [0.4, 0.5) is 0 Å². The van der Waals surface area contributed by atoms with Crippen LogP contribution in [0.2, 0.25) is 0 Å². The minimum atomic E-state index is -2.81. The van der Waals surface area contributed by atoms with Crippen molar-refractivity contribution >= 4 is 29.7 Å². The number of benzene rings is 3. The molecule has 0 aliphatic heterocycles. The molecule has 0 spiro atoms. The van der Waals surface area contributed by atoms with Crippen LogP contribution in [0.5, 0.6) is 0 Å². The Bertz CT molecular complexity index is 1360. The Hall–Kier alpha value is -2.79. The number of carbonyl (C=O) groups is 1. The molecule has 4 aliphatic rings. The predicted octanol–water partition coefficient (Wildman–Crippen LogP) is 5.79. The van der Waals surface area contributed by atoms with Crippen molar-refractivity contribution in [2.45, 2.75) is 64.9 Å². The number of aliphatic hydroxyl groups excluding tert-OH is 1. The van der Waals surface area contributed by atoms with E-state index in [0.29, 0.717) is 24.2 Å². The summed E-state index contributed by atoms with van der Waals surface area (Å²) >= 11 is 0. The molecular weight excluding hydrogens is 533 g/mol. The number of hydrogen-bond acceptors (Lipinski definition) is 3. The molecule has 218 valence electrons. The quantitative estimate of drug-likeness (QED) is 0.299. The van der Waals surface area contributed by atoms with Crippen molar-refractivity contribution in [3.8, 4) is 0 Å². The maximum absolute atomic E-state index is 12.5. The molecule has 0 radical (unpaired) electrons. The second-order valence-electron chi connectivity index (χ2n) is 13.9. The van der Waals surface area contributed by atoms with E-state index in [9.17, 15) is 9.90 Å². The van der Waals surface area contributed by atoms with E-state index in [4.69, 9.17) is 4.43 Å². The van der Waals surface area contributed by atoms with Crippen molar-refractivity contribution in [3.63, 3.8) is 0 Å². The molecule has 2 unspecified atom stereocenters. The lowest BCUT2D eigenvalue weighted by Crippen LogP contribution is -2.71. The van der Waals surface area contributed by atoms with Gasteiger partial charge in [-0.15, -0.1) is 0 Å². The lowest BCUT2D eigenvalue weighted by Gasteiger charge is -2.60. The van der Waals surface area contributed by atoms with Crippen LogP contribution in [0, 0.1) is 34.5 Å². The summed E-state index contributed by atoms with van der Waals surface area (Å²) in [4.78, 5) is 12.5. The number of aliphatic hydroxyl groups is 1. The fraction of sp³-hybridized carbons (Fsp3) is 0.447. The molecule has 3 nitrogen and oxygen atoms in total. The molecule has 0 heterocycles. The monoisotopic (exact) mass is 576 g/mol. The van der Waals surface area contributed by atoms with Crippen LogP contribution in [0.15, 0.2) is 103 Å². The number of hydrogen-bond donors (Lipinski definition) is 1. The average molecular weight is 577 g/mol. The van der Waals surface area contributed by atoms with Crippen LogP contribution in [0.25, 0.3) is 0 Å². The van der Waals surface area contributed by atoms with E-state index in [1.54, 1.807) is 0 Å². The van der Waals surface area contributed by atoms with Crippen molar-refractivity contribution < 1.29 is 14.3 Å². The van der Waals surface area contributed by atoms with Gasteiger partial charge in [-0.25, -0.2) is 0 Å². The third kappa shape index (κ3) is 4.09. The van der Waals surface area contributed by atoms with Gasteiger partial charge in [0, 0.05) is 11.8 Å². The first kappa shape index (κ1) is 28.0. The lowest BCUT2D eigenvalue weighted by molar-refractivity contribution is -0.125. The van der Waals surface area contributed by atoms with Crippen molar-refractivity contribution in [3.05, 3.63) is 103 Å². The van der Waals surface area contributed by atoms with Crippen LogP contribution in [-0.4, -0.2) is 31.9 Å². The van der Waals surface area contributed by atoms with Crippen molar-refractivity contribution in [2.24, 2.45) is 34.5 Å². The zero-order valence-electron chi connectivity index (χ0n) is 25.0. The van der Waals surface area contributed by atoms with E-state index in [0.717, 1.165) is 32.1 Å². The summed E-state index contributed by atoms with van der Waals surface area (Å²) in [6.07, 6.45) is 9.21. The van der Waals surface area contributed by atoms with Gasteiger partial charge in [0.15, 0.2) is 5.78 Å². The van der Waals surface area contributed by atoms with Crippen molar-refractivity contribution in [1.82, 2.24) is 0 Å². The fourth-order valence-corrected chi connectivity index (χ4v) is 14.4. The Morgan fingerprint density at radius 2 is 1.38 bits per heavy atom. The highest BCUT2D eigenvalue weighted by Gasteiger charge is 2.63. The highest BCUT2D eigenvalue weighted by atomic mass is 28.4. The van der Waals surface area contributed by atoms with E-state index in [2.05, 4.69) is 105 Å². The van der Waals surface area contributed by atoms with Gasteiger partial charge in [-0.1, -0.05) is 110 Å². The number of ketones is 1. The van der Waals surface area contributed by atoms with Crippen LogP contribution in [-0.2, 0) is 9.22 Å².